The number of halogens is 1. The topological polar surface area (TPSA) is 58.6 Å². The minimum absolute atomic E-state index is 0.0756. The maximum Gasteiger partial charge on any atom is 0.244 e. The van der Waals surface area contributed by atoms with Crippen LogP contribution in [0.5, 0.6) is 5.75 Å². The predicted octanol–water partition coefficient (Wildman–Crippen LogP) is 2.83. The van der Waals surface area contributed by atoms with E-state index in [0.717, 1.165) is 0 Å². The van der Waals surface area contributed by atoms with Gasteiger partial charge in [-0.25, -0.2) is 4.39 Å². The summed E-state index contributed by atoms with van der Waals surface area (Å²) in [6.45, 7) is 1.13. The third-order valence-electron chi connectivity index (χ3n) is 3.19. The molecule has 0 aromatic heterocycles. The van der Waals surface area contributed by atoms with Gasteiger partial charge in [0.1, 0.15) is 18.1 Å². The molecule has 0 unspecified atom stereocenters. The van der Waals surface area contributed by atoms with Crippen LogP contribution in [0, 0.1) is 5.82 Å². The Bertz CT molecular complexity index is 718. The molecule has 1 N–H and O–H groups in total. The van der Waals surface area contributed by atoms with Crippen molar-refractivity contribution >= 4 is 23.2 Å². The van der Waals surface area contributed by atoms with E-state index in [-0.39, 0.29) is 18.1 Å². The first-order valence-corrected chi connectivity index (χ1v) is 6.98. The van der Waals surface area contributed by atoms with Gasteiger partial charge in [0.15, 0.2) is 0 Å². The molecule has 5 nitrogen and oxygen atoms in total. The van der Waals surface area contributed by atoms with Gasteiger partial charge in [-0.05, 0) is 24.3 Å². The number of carbonyl (C=O) groups is 2. The Labute approximate surface area is 133 Å². The largest absolute Gasteiger partial charge is 0.497 e. The quantitative estimate of drug-likeness (QED) is 0.923. The van der Waals surface area contributed by atoms with Crippen molar-refractivity contribution in [3.63, 3.8) is 0 Å². The van der Waals surface area contributed by atoms with Crippen molar-refractivity contribution in [2.75, 3.05) is 23.9 Å². The minimum atomic E-state index is -0.531. The number of methoxy groups -OCH3 is 1. The number of hydrogen-bond acceptors (Lipinski definition) is 3. The molecule has 23 heavy (non-hydrogen) atoms. The number of carbonyl (C=O) groups excluding carboxylic acids is 2. The zero-order valence-corrected chi connectivity index (χ0v) is 12.9. The molecule has 0 radical (unpaired) electrons. The van der Waals surface area contributed by atoms with Gasteiger partial charge >= 0.3 is 0 Å². The van der Waals surface area contributed by atoms with E-state index in [1.54, 1.807) is 30.3 Å². The van der Waals surface area contributed by atoms with Crippen molar-refractivity contribution in [1.82, 2.24) is 0 Å². The van der Waals surface area contributed by atoms with Gasteiger partial charge < -0.3 is 15.0 Å². The van der Waals surface area contributed by atoms with E-state index in [2.05, 4.69) is 5.32 Å². The second kappa shape index (κ2) is 7.40. The summed E-state index contributed by atoms with van der Waals surface area (Å²) in [6.07, 6.45) is 0. The molecule has 2 rings (SSSR count). The van der Waals surface area contributed by atoms with Crippen molar-refractivity contribution in [1.29, 1.82) is 0 Å². The molecule has 2 aromatic carbocycles. The van der Waals surface area contributed by atoms with Crippen LogP contribution in [-0.2, 0) is 9.59 Å². The fraction of sp³-hybridized carbons (Fsp3) is 0.176. The summed E-state index contributed by atoms with van der Waals surface area (Å²) in [7, 11) is 1.52. The van der Waals surface area contributed by atoms with E-state index in [1.165, 1.54) is 37.1 Å². The summed E-state index contributed by atoms with van der Waals surface area (Å²) >= 11 is 0. The number of amides is 2. The van der Waals surface area contributed by atoms with Crippen LogP contribution in [0.15, 0.2) is 48.5 Å². The van der Waals surface area contributed by atoms with Gasteiger partial charge in [0.25, 0.3) is 0 Å². The van der Waals surface area contributed by atoms with E-state index in [0.29, 0.717) is 11.4 Å². The average Bonchev–Trinajstić information content (AvgIpc) is 2.54. The smallest absolute Gasteiger partial charge is 0.244 e. The lowest BCUT2D eigenvalue weighted by Gasteiger charge is -2.21. The molecule has 0 saturated heterocycles. The Kier molecular flexibility index (Phi) is 5.30. The number of nitrogens with zero attached hydrogens (tertiary/aromatic N) is 1. The summed E-state index contributed by atoms with van der Waals surface area (Å²) in [5, 5.41) is 2.45. The van der Waals surface area contributed by atoms with E-state index < -0.39 is 11.7 Å². The molecule has 0 atom stereocenters. The monoisotopic (exact) mass is 316 g/mol. The van der Waals surface area contributed by atoms with Crippen LogP contribution >= 0.6 is 0 Å². The molecule has 120 valence electrons. The second-order valence-corrected chi connectivity index (χ2v) is 4.83. The highest BCUT2D eigenvalue weighted by atomic mass is 19.1. The zero-order chi connectivity index (χ0) is 16.8. The van der Waals surface area contributed by atoms with Gasteiger partial charge in [-0.15, -0.1) is 0 Å². The molecule has 0 aliphatic rings. The molecular formula is C17H17FN2O3. The van der Waals surface area contributed by atoms with E-state index in [4.69, 9.17) is 4.74 Å². The molecule has 0 fully saturated rings. The van der Waals surface area contributed by atoms with Gasteiger partial charge in [0.05, 0.1) is 12.8 Å². The van der Waals surface area contributed by atoms with Crippen LogP contribution in [0.3, 0.4) is 0 Å². The van der Waals surface area contributed by atoms with E-state index >= 15 is 0 Å². The summed E-state index contributed by atoms with van der Waals surface area (Å²) in [4.78, 5) is 25.2. The number of nitrogens with one attached hydrogen (secondary N) is 1. The van der Waals surface area contributed by atoms with E-state index in [9.17, 15) is 14.0 Å². The molecule has 6 heteroatoms. The Morgan fingerprint density at radius 1 is 1.17 bits per heavy atom. The molecular weight excluding hydrogens is 299 g/mol. The number of benzene rings is 2. The van der Waals surface area contributed by atoms with Gasteiger partial charge in [-0.3, -0.25) is 9.59 Å². The Hall–Kier alpha value is -2.89. The fourth-order valence-corrected chi connectivity index (χ4v) is 2.06. The predicted molar refractivity (Wildman–Crippen MR) is 86.1 cm³/mol. The maximum absolute atomic E-state index is 13.6. The molecule has 0 aliphatic carbocycles. The van der Waals surface area contributed by atoms with Gasteiger partial charge in [0, 0.05) is 18.7 Å². The third kappa shape index (κ3) is 4.29. The standard InChI is InChI=1S/C17H17FN2O3/c1-12(21)20(13-6-5-7-14(10-13)23-2)11-17(22)19-16-9-4-3-8-15(16)18/h3-10H,11H2,1-2H3,(H,19,22). The lowest BCUT2D eigenvalue weighted by atomic mass is 10.2. The van der Waals surface area contributed by atoms with Crippen LogP contribution in [0.25, 0.3) is 0 Å². The van der Waals surface area contributed by atoms with Crippen molar-refractivity contribution in [3.05, 3.63) is 54.3 Å². The summed E-state index contributed by atoms with van der Waals surface area (Å²) < 4.78 is 18.7. The van der Waals surface area contributed by atoms with Crippen LogP contribution in [-0.4, -0.2) is 25.5 Å². The lowest BCUT2D eigenvalue weighted by molar-refractivity contribution is -0.120. The van der Waals surface area contributed by atoms with Crippen molar-refractivity contribution in [2.45, 2.75) is 6.92 Å². The molecule has 2 amide bonds. The first kappa shape index (κ1) is 16.5. The highest BCUT2D eigenvalue weighted by Crippen LogP contribution is 2.21. The summed E-state index contributed by atoms with van der Waals surface area (Å²) in [6, 6.07) is 12.7. The Morgan fingerprint density at radius 2 is 1.91 bits per heavy atom. The Balaban J connectivity index is 2.14. The third-order valence-corrected chi connectivity index (χ3v) is 3.19. The highest BCUT2D eigenvalue weighted by molar-refractivity contribution is 6.01. The molecule has 0 saturated carbocycles. The van der Waals surface area contributed by atoms with Crippen LogP contribution < -0.4 is 15.0 Å². The van der Waals surface area contributed by atoms with Crippen LogP contribution in [0.1, 0.15) is 6.92 Å². The average molecular weight is 316 g/mol. The van der Waals surface area contributed by atoms with Gasteiger partial charge in [-0.1, -0.05) is 18.2 Å². The number of rotatable bonds is 5. The van der Waals surface area contributed by atoms with E-state index in [1.807, 2.05) is 0 Å². The zero-order valence-electron chi connectivity index (χ0n) is 12.9. The SMILES string of the molecule is COc1cccc(N(CC(=O)Nc2ccccc2F)C(C)=O)c1. The van der Waals surface area contributed by atoms with Crippen LogP contribution in [0.2, 0.25) is 0 Å². The van der Waals surface area contributed by atoms with Crippen molar-refractivity contribution in [2.24, 2.45) is 0 Å². The highest BCUT2D eigenvalue weighted by Gasteiger charge is 2.17. The number of anilines is 2. The molecule has 0 bridgehead atoms. The number of para-hydroxylation sites is 1. The summed E-state index contributed by atoms with van der Waals surface area (Å²) in [5.74, 6) is -0.755. The Morgan fingerprint density at radius 3 is 2.57 bits per heavy atom. The normalized spacial score (nSPS) is 10.0. The fourth-order valence-electron chi connectivity index (χ4n) is 2.06. The van der Waals surface area contributed by atoms with Gasteiger partial charge in [-0.2, -0.15) is 0 Å². The van der Waals surface area contributed by atoms with Gasteiger partial charge in [0.2, 0.25) is 11.8 Å². The summed E-state index contributed by atoms with van der Waals surface area (Å²) in [5.41, 5.74) is 0.604. The second-order valence-electron chi connectivity index (χ2n) is 4.83. The van der Waals surface area contributed by atoms with Crippen molar-refractivity contribution < 1.29 is 18.7 Å². The minimum Gasteiger partial charge on any atom is -0.497 e. The first-order valence-electron chi connectivity index (χ1n) is 6.98. The van der Waals surface area contributed by atoms with Crippen LogP contribution in [0.4, 0.5) is 15.8 Å². The molecule has 0 aliphatic heterocycles. The maximum atomic E-state index is 13.6. The number of hydrogen-bond donors (Lipinski definition) is 1. The molecule has 0 heterocycles. The molecule has 2 aromatic rings. The van der Waals surface area contributed by atoms with Crippen molar-refractivity contribution in [3.8, 4) is 5.75 Å². The first-order chi connectivity index (χ1) is 11.0. The molecule has 0 spiro atoms. The number of ether oxygens (including phenoxy) is 1. The lowest BCUT2D eigenvalue weighted by Crippen LogP contribution is -2.36.